The zero-order chi connectivity index (χ0) is 14.7. The number of carbonyl (C=O) groups is 1. The van der Waals surface area contributed by atoms with Crippen LogP contribution in [0.5, 0.6) is 5.75 Å². The Morgan fingerprint density at radius 3 is 2.70 bits per heavy atom. The van der Waals surface area contributed by atoms with Crippen LogP contribution in [0.4, 0.5) is 5.69 Å². The molecule has 2 rings (SSSR count). The first-order valence-corrected chi connectivity index (χ1v) is 6.17. The third-order valence-electron chi connectivity index (χ3n) is 2.48. The van der Waals surface area contributed by atoms with Gasteiger partial charge in [-0.25, -0.2) is 9.48 Å². The molecule has 0 spiro atoms. The molecule has 1 amide bonds. The van der Waals surface area contributed by atoms with Crippen LogP contribution in [0, 0.1) is 0 Å². The molecule has 7 heteroatoms. The number of nitrogens with one attached hydrogen (secondary N) is 2. The number of aromatic amines is 1. The van der Waals surface area contributed by atoms with E-state index in [1.807, 2.05) is 19.9 Å². The predicted molar refractivity (Wildman–Crippen MR) is 74.0 cm³/mol. The molecule has 2 N–H and O–H groups in total. The Morgan fingerprint density at radius 2 is 2.10 bits per heavy atom. The molecule has 0 bridgehead atoms. The van der Waals surface area contributed by atoms with Crippen molar-refractivity contribution in [3.8, 4) is 5.75 Å². The van der Waals surface area contributed by atoms with Crippen molar-refractivity contribution in [3.05, 3.63) is 40.6 Å². The Hall–Kier alpha value is -2.57. The molecule has 7 nitrogen and oxygen atoms in total. The lowest BCUT2D eigenvalue weighted by Crippen LogP contribution is -2.16. The molecule has 0 fully saturated rings. The van der Waals surface area contributed by atoms with Gasteiger partial charge in [-0.2, -0.15) is 0 Å². The zero-order valence-electron chi connectivity index (χ0n) is 11.5. The highest BCUT2D eigenvalue weighted by Gasteiger charge is 2.14. The molecule has 106 valence electrons. The van der Waals surface area contributed by atoms with Crippen LogP contribution in [0.1, 0.15) is 24.5 Å². The number of aryl methyl sites for hydroxylation is 1. The average Bonchev–Trinajstić information content (AvgIpc) is 2.71. The molecule has 1 aromatic carbocycles. The Bertz CT molecular complexity index is 672. The maximum absolute atomic E-state index is 12.0. The van der Waals surface area contributed by atoms with Crippen LogP contribution >= 0.6 is 0 Å². The second-order valence-electron chi connectivity index (χ2n) is 4.52. The lowest BCUT2D eigenvalue weighted by Gasteiger charge is -2.14. The normalized spacial score (nSPS) is 10.6. The van der Waals surface area contributed by atoms with Crippen molar-refractivity contribution in [2.24, 2.45) is 7.05 Å². The van der Waals surface area contributed by atoms with Crippen molar-refractivity contribution in [2.45, 2.75) is 20.0 Å². The van der Waals surface area contributed by atoms with Gasteiger partial charge in [0.25, 0.3) is 5.91 Å². The molecule has 0 aliphatic heterocycles. The zero-order valence-corrected chi connectivity index (χ0v) is 11.5. The number of hydrogen-bond donors (Lipinski definition) is 2. The fraction of sp³-hybridized carbons (Fsp3) is 0.308. The molecule has 0 aliphatic carbocycles. The summed E-state index contributed by atoms with van der Waals surface area (Å²) < 4.78 is 6.66. The van der Waals surface area contributed by atoms with Gasteiger partial charge in [-0.3, -0.25) is 9.78 Å². The average molecular weight is 276 g/mol. The largest absolute Gasteiger partial charge is 0.489 e. The van der Waals surface area contributed by atoms with Crippen molar-refractivity contribution in [3.63, 3.8) is 0 Å². The summed E-state index contributed by atoms with van der Waals surface area (Å²) in [5.41, 5.74) is 0.0829. The standard InChI is InChI=1S/C13H16N4O3/c1-8(2)20-10-7-5-4-6-9(10)14-12(18)11-15-13(19)17(3)16-11/h4-8H,1-3H3,(H,14,18)(H,15,16,19). The first-order chi connectivity index (χ1) is 9.47. The van der Waals surface area contributed by atoms with E-state index in [2.05, 4.69) is 15.4 Å². The van der Waals surface area contributed by atoms with Gasteiger partial charge in [-0.05, 0) is 26.0 Å². The van der Waals surface area contributed by atoms with E-state index in [1.165, 1.54) is 7.05 Å². The summed E-state index contributed by atoms with van der Waals surface area (Å²) in [5, 5.41) is 6.46. The minimum atomic E-state index is -0.498. The molecule has 1 aromatic heterocycles. The number of hydrogen-bond acceptors (Lipinski definition) is 4. The van der Waals surface area contributed by atoms with Gasteiger partial charge in [0.1, 0.15) is 5.75 Å². The number of H-pyrrole nitrogens is 1. The van der Waals surface area contributed by atoms with Crippen LogP contribution in [-0.2, 0) is 7.05 Å². The van der Waals surface area contributed by atoms with E-state index < -0.39 is 11.6 Å². The molecule has 0 saturated carbocycles. The Morgan fingerprint density at radius 1 is 1.40 bits per heavy atom. The fourth-order valence-corrected chi connectivity index (χ4v) is 1.61. The third kappa shape index (κ3) is 3.05. The maximum atomic E-state index is 12.0. The van der Waals surface area contributed by atoms with Crippen LogP contribution in [-0.4, -0.2) is 26.8 Å². The first-order valence-electron chi connectivity index (χ1n) is 6.17. The van der Waals surface area contributed by atoms with Gasteiger partial charge in [-0.15, -0.1) is 5.10 Å². The van der Waals surface area contributed by atoms with E-state index in [9.17, 15) is 9.59 Å². The van der Waals surface area contributed by atoms with Crippen molar-refractivity contribution in [2.75, 3.05) is 5.32 Å². The number of benzene rings is 1. The summed E-state index contributed by atoms with van der Waals surface area (Å²) in [5.74, 6) is 0.0217. The van der Waals surface area contributed by atoms with Crippen LogP contribution in [0.3, 0.4) is 0 Å². The summed E-state index contributed by atoms with van der Waals surface area (Å²) in [6.45, 7) is 3.80. The number of nitrogens with zero attached hydrogens (tertiary/aromatic N) is 2. The topological polar surface area (TPSA) is 89.0 Å². The summed E-state index contributed by atoms with van der Waals surface area (Å²) in [6, 6.07) is 7.08. The Labute approximate surface area is 115 Å². The summed E-state index contributed by atoms with van der Waals surface area (Å²) in [4.78, 5) is 25.6. The van der Waals surface area contributed by atoms with Gasteiger partial charge in [-0.1, -0.05) is 12.1 Å². The van der Waals surface area contributed by atoms with E-state index in [-0.39, 0.29) is 11.9 Å². The molecule has 0 radical (unpaired) electrons. The summed E-state index contributed by atoms with van der Waals surface area (Å²) in [6.07, 6.45) is -0.0114. The minimum absolute atomic E-state index is 0.0114. The number of rotatable bonds is 4. The second kappa shape index (κ2) is 5.60. The number of carbonyl (C=O) groups excluding carboxylic acids is 1. The Kier molecular flexibility index (Phi) is 3.88. The van der Waals surface area contributed by atoms with E-state index in [4.69, 9.17) is 4.74 Å². The highest BCUT2D eigenvalue weighted by molar-refractivity contribution is 6.02. The van der Waals surface area contributed by atoms with Crippen LogP contribution < -0.4 is 15.7 Å². The van der Waals surface area contributed by atoms with Crippen molar-refractivity contribution in [1.29, 1.82) is 0 Å². The molecule has 0 unspecified atom stereocenters. The molecule has 1 heterocycles. The van der Waals surface area contributed by atoms with Gasteiger partial charge in [0, 0.05) is 7.05 Å². The smallest absolute Gasteiger partial charge is 0.343 e. The van der Waals surface area contributed by atoms with Gasteiger partial charge in [0.2, 0.25) is 5.82 Å². The van der Waals surface area contributed by atoms with Crippen LogP contribution in [0.15, 0.2) is 29.1 Å². The van der Waals surface area contributed by atoms with Gasteiger partial charge < -0.3 is 10.1 Å². The summed E-state index contributed by atoms with van der Waals surface area (Å²) in [7, 11) is 1.46. The second-order valence-corrected chi connectivity index (χ2v) is 4.52. The minimum Gasteiger partial charge on any atom is -0.489 e. The van der Waals surface area contributed by atoms with E-state index in [0.717, 1.165) is 4.68 Å². The van der Waals surface area contributed by atoms with Crippen molar-refractivity contribution >= 4 is 11.6 Å². The van der Waals surface area contributed by atoms with Gasteiger partial charge >= 0.3 is 5.69 Å². The quantitative estimate of drug-likeness (QED) is 0.876. The van der Waals surface area contributed by atoms with Gasteiger partial charge in [0.15, 0.2) is 0 Å². The number of amides is 1. The highest BCUT2D eigenvalue weighted by atomic mass is 16.5. The molecule has 20 heavy (non-hydrogen) atoms. The first kappa shape index (κ1) is 13.9. The van der Waals surface area contributed by atoms with Crippen LogP contribution in [0.2, 0.25) is 0 Å². The number of aromatic nitrogens is 3. The monoisotopic (exact) mass is 276 g/mol. The van der Waals surface area contributed by atoms with E-state index in [1.54, 1.807) is 18.2 Å². The molecular weight excluding hydrogens is 260 g/mol. The highest BCUT2D eigenvalue weighted by Crippen LogP contribution is 2.25. The van der Waals surface area contributed by atoms with E-state index in [0.29, 0.717) is 11.4 Å². The van der Waals surface area contributed by atoms with Crippen molar-refractivity contribution < 1.29 is 9.53 Å². The lowest BCUT2D eigenvalue weighted by molar-refractivity contribution is 0.101. The molecule has 0 atom stereocenters. The number of anilines is 1. The SMILES string of the molecule is CC(C)Oc1ccccc1NC(=O)c1nn(C)c(=O)[nH]1. The lowest BCUT2D eigenvalue weighted by atomic mass is 10.3. The fourth-order valence-electron chi connectivity index (χ4n) is 1.61. The number of para-hydroxylation sites is 2. The van der Waals surface area contributed by atoms with Gasteiger partial charge in [0.05, 0.1) is 11.8 Å². The molecular formula is C13H16N4O3. The van der Waals surface area contributed by atoms with Crippen LogP contribution in [0.25, 0.3) is 0 Å². The Balaban J connectivity index is 2.21. The molecule has 0 aliphatic rings. The van der Waals surface area contributed by atoms with E-state index >= 15 is 0 Å². The number of ether oxygens (including phenoxy) is 1. The van der Waals surface area contributed by atoms with Crippen molar-refractivity contribution in [1.82, 2.24) is 14.8 Å². The molecule has 2 aromatic rings. The third-order valence-corrected chi connectivity index (χ3v) is 2.48. The summed E-state index contributed by atoms with van der Waals surface area (Å²) >= 11 is 0. The predicted octanol–water partition coefficient (Wildman–Crippen LogP) is 1.15. The molecule has 0 saturated heterocycles. The maximum Gasteiger partial charge on any atom is 0.343 e.